The van der Waals surface area contributed by atoms with E-state index in [1.165, 1.54) is 11.8 Å². The first-order valence-electron chi connectivity index (χ1n) is 9.62. The van der Waals surface area contributed by atoms with Crippen molar-refractivity contribution in [1.82, 2.24) is 16.0 Å². The second-order valence-corrected chi connectivity index (χ2v) is 8.26. The molecule has 0 radical (unpaired) electrons. The molecular weight excluding hydrogens is 448 g/mol. The lowest BCUT2D eigenvalue weighted by Crippen LogP contribution is -2.58. The first-order chi connectivity index (χ1) is 14.8. The molecule has 3 amide bonds. The molecule has 0 heterocycles. The minimum Gasteiger partial charge on any atom is -0.481 e. The number of carboxylic acid groups (broad SMARTS) is 3. The van der Waals surface area contributed by atoms with Crippen molar-refractivity contribution in [3.05, 3.63) is 0 Å². The third kappa shape index (κ3) is 10.9. The zero-order valence-electron chi connectivity index (χ0n) is 18.0. The number of carbonyl (C=O) groups is 6. The summed E-state index contributed by atoms with van der Waals surface area (Å²) >= 11 is 1.36. The van der Waals surface area contributed by atoms with Crippen molar-refractivity contribution in [3.8, 4) is 0 Å². The Kier molecular flexibility index (Phi) is 13.0. The van der Waals surface area contributed by atoms with E-state index in [1.54, 1.807) is 20.1 Å². The predicted octanol–water partition coefficient (Wildman–Crippen LogP) is -1.79. The van der Waals surface area contributed by atoms with Crippen LogP contribution in [0.4, 0.5) is 0 Å². The molecule has 0 aromatic carbocycles. The number of carboxylic acids is 3. The summed E-state index contributed by atoms with van der Waals surface area (Å²) in [6.07, 6.45) is 0.331. The molecule has 0 saturated carbocycles. The number of hydrogen-bond acceptors (Lipinski definition) is 8. The molecule has 32 heavy (non-hydrogen) atoms. The van der Waals surface area contributed by atoms with E-state index in [2.05, 4.69) is 16.0 Å². The van der Waals surface area contributed by atoms with Gasteiger partial charge in [0.25, 0.3) is 0 Å². The van der Waals surface area contributed by atoms with Crippen LogP contribution in [0.15, 0.2) is 0 Å². The smallest absolute Gasteiger partial charge is 0.326 e. The average Bonchev–Trinajstić information content (AvgIpc) is 2.66. The lowest BCUT2D eigenvalue weighted by molar-refractivity contribution is -0.143. The van der Waals surface area contributed by atoms with Crippen LogP contribution in [0.2, 0.25) is 0 Å². The summed E-state index contributed by atoms with van der Waals surface area (Å²) in [6, 6.07) is -5.56. The fourth-order valence-electron chi connectivity index (χ4n) is 2.49. The SMILES string of the molecule is CSCCC(NC(=O)C(CC(=O)O)NC(=O)C(NC(=O)C(N)CC(=O)O)C(C)C)C(=O)O. The molecule has 4 unspecified atom stereocenters. The molecule has 0 aliphatic carbocycles. The van der Waals surface area contributed by atoms with Gasteiger partial charge in [0.2, 0.25) is 17.7 Å². The second kappa shape index (κ2) is 14.2. The molecule has 0 fully saturated rings. The number of carbonyl (C=O) groups excluding carboxylic acids is 3. The Morgan fingerprint density at radius 3 is 1.78 bits per heavy atom. The highest BCUT2D eigenvalue weighted by Crippen LogP contribution is 2.06. The molecule has 0 bridgehead atoms. The fourth-order valence-corrected chi connectivity index (χ4v) is 2.96. The Balaban J connectivity index is 5.42. The van der Waals surface area contributed by atoms with Gasteiger partial charge in [-0.2, -0.15) is 11.8 Å². The number of nitrogens with one attached hydrogen (secondary N) is 3. The molecule has 182 valence electrons. The van der Waals surface area contributed by atoms with Crippen molar-refractivity contribution in [2.75, 3.05) is 12.0 Å². The topological polar surface area (TPSA) is 225 Å². The summed E-state index contributed by atoms with van der Waals surface area (Å²) in [7, 11) is 0. The van der Waals surface area contributed by atoms with E-state index >= 15 is 0 Å². The zero-order chi connectivity index (χ0) is 25.0. The van der Waals surface area contributed by atoms with E-state index in [-0.39, 0.29) is 6.42 Å². The van der Waals surface area contributed by atoms with Crippen molar-refractivity contribution in [2.24, 2.45) is 11.7 Å². The van der Waals surface area contributed by atoms with E-state index in [0.29, 0.717) is 5.75 Å². The van der Waals surface area contributed by atoms with Gasteiger partial charge in [-0.3, -0.25) is 24.0 Å². The first-order valence-corrected chi connectivity index (χ1v) is 11.0. The number of rotatable bonds is 15. The molecular formula is C18H30N4O9S. The summed E-state index contributed by atoms with van der Waals surface area (Å²) < 4.78 is 0. The number of thioether (sulfide) groups is 1. The van der Waals surface area contributed by atoms with Crippen LogP contribution in [-0.4, -0.2) is 87.1 Å². The molecule has 4 atom stereocenters. The Bertz CT molecular complexity index is 717. The van der Waals surface area contributed by atoms with E-state index < -0.39 is 78.6 Å². The van der Waals surface area contributed by atoms with Crippen molar-refractivity contribution < 1.29 is 44.1 Å². The number of nitrogens with two attached hydrogens (primary N) is 1. The Labute approximate surface area is 188 Å². The largest absolute Gasteiger partial charge is 0.481 e. The fraction of sp³-hybridized carbons (Fsp3) is 0.667. The molecule has 0 spiro atoms. The Morgan fingerprint density at radius 2 is 1.34 bits per heavy atom. The van der Waals surface area contributed by atoms with Crippen LogP contribution in [-0.2, 0) is 28.8 Å². The van der Waals surface area contributed by atoms with Gasteiger partial charge < -0.3 is 37.0 Å². The van der Waals surface area contributed by atoms with Gasteiger partial charge in [0.15, 0.2) is 0 Å². The van der Waals surface area contributed by atoms with Crippen LogP contribution in [0.3, 0.4) is 0 Å². The summed E-state index contributed by atoms with van der Waals surface area (Å²) in [5, 5.41) is 33.8. The van der Waals surface area contributed by atoms with Crippen LogP contribution in [0, 0.1) is 5.92 Å². The van der Waals surface area contributed by atoms with E-state index in [9.17, 15) is 33.9 Å². The van der Waals surface area contributed by atoms with Crippen LogP contribution in [0.1, 0.15) is 33.1 Å². The van der Waals surface area contributed by atoms with Crippen molar-refractivity contribution >= 4 is 47.4 Å². The predicted molar refractivity (Wildman–Crippen MR) is 114 cm³/mol. The first kappa shape index (κ1) is 29.1. The third-order valence-electron chi connectivity index (χ3n) is 4.22. The van der Waals surface area contributed by atoms with Crippen LogP contribution >= 0.6 is 11.8 Å². The van der Waals surface area contributed by atoms with E-state index in [1.807, 2.05) is 0 Å². The van der Waals surface area contributed by atoms with Crippen LogP contribution in [0.5, 0.6) is 0 Å². The normalized spacial score (nSPS) is 14.5. The highest BCUT2D eigenvalue weighted by atomic mass is 32.2. The third-order valence-corrected chi connectivity index (χ3v) is 4.86. The van der Waals surface area contributed by atoms with Crippen LogP contribution < -0.4 is 21.7 Å². The van der Waals surface area contributed by atoms with Gasteiger partial charge in [-0.05, 0) is 24.3 Å². The lowest BCUT2D eigenvalue weighted by Gasteiger charge is -2.26. The van der Waals surface area contributed by atoms with Crippen molar-refractivity contribution in [2.45, 2.75) is 57.3 Å². The Hall–Kier alpha value is -2.87. The number of aliphatic carboxylic acids is 3. The number of hydrogen-bond donors (Lipinski definition) is 7. The molecule has 0 aliphatic heterocycles. The van der Waals surface area contributed by atoms with Crippen molar-refractivity contribution in [1.29, 1.82) is 0 Å². The van der Waals surface area contributed by atoms with Gasteiger partial charge in [-0.25, -0.2) is 4.79 Å². The minimum atomic E-state index is -1.61. The Morgan fingerprint density at radius 1 is 0.812 bits per heavy atom. The number of amides is 3. The molecule has 0 aromatic rings. The van der Waals surface area contributed by atoms with Gasteiger partial charge >= 0.3 is 17.9 Å². The van der Waals surface area contributed by atoms with Gasteiger partial charge in [0.1, 0.15) is 18.1 Å². The van der Waals surface area contributed by atoms with Gasteiger partial charge in [0.05, 0.1) is 18.9 Å². The van der Waals surface area contributed by atoms with Gasteiger partial charge in [-0.15, -0.1) is 0 Å². The molecule has 14 heteroatoms. The standard InChI is InChI=1S/C18H30N4O9S/c1-8(2)14(22-15(27)9(19)6-12(23)24)17(29)21-11(7-13(25)26)16(28)20-10(18(30)31)4-5-32-3/h8-11,14H,4-7,19H2,1-3H3,(H,20,28)(H,21,29)(H,22,27)(H,23,24)(H,25,26)(H,30,31). The quantitative estimate of drug-likeness (QED) is 0.139. The monoisotopic (exact) mass is 478 g/mol. The summed E-state index contributed by atoms with van der Waals surface area (Å²) in [6.45, 7) is 3.12. The van der Waals surface area contributed by atoms with E-state index in [4.69, 9.17) is 15.9 Å². The highest BCUT2D eigenvalue weighted by molar-refractivity contribution is 7.98. The molecule has 8 N–H and O–H groups in total. The molecule has 0 rings (SSSR count). The van der Waals surface area contributed by atoms with Gasteiger partial charge in [0, 0.05) is 0 Å². The minimum absolute atomic E-state index is 0.0854. The van der Waals surface area contributed by atoms with Crippen molar-refractivity contribution in [3.63, 3.8) is 0 Å². The lowest BCUT2D eigenvalue weighted by atomic mass is 10.0. The maximum Gasteiger partial charge on any atom is 0.326 e. The molecule has 0 aromatic heterocycles. The maximum atomic E-state index is 12.7. The molecule has 0 saturated heterocycles. The second-order valence-electron chi connectivity index (χ2n) is 7.27. The average molecular weight is 479 g/mol. The molecule has 0 aliphatic rings. The highest BCUT2D eigenvalue weighted by Gasteiger charge is 2.32. The molecule has 13 nitrogen and oxygen atoms in total. The summed E-state index contributed by atoms with van der Waals surface area (Å²) in [4.78, 5) is 70.5. The summed E-state index contributed by atoms with van der Waals surface area (Å²) in [5.41, 5.74) is 5.48. The zero-order valence-corrected chi connectivity index (χ0v) is 18.8. The maximum absolute atomic E-state index is 12.7. The van der Waals surface area contributed by atoms with Crippen LogP contribution in [0.25, 0.3) is 0 Å². The van der Waals surface area contributed by atoms with Gasteiger partial charge in [-0.1, -0.05) is 13.8 Å². The van der Waals surface area contributed by atoms with E-state index in [0.717, 1.165) is 0 Å². The summed E-state index contributed by atoms with van der Waals surface area (Å²) in [5.74, 6) is -6.99.